The summed E-state index contributed by atoms with van der Waals surface area (Å²) in [5.74, 6) is 0.699. The number of hydrogen-bond donors (Lipinski definition) is 2. The van der Waals surface area contributed by atoms with Crippen LogP contribution in [0.25, 0.3) is 0 Å². The molecule has 0 aromatic heterocycles. The molecule has 1 amide bonds. The average Bonchev–Trinajstić information content (AvgIpc) is 2.75. The summed E-state index contributed by atoms with van der Waals surface area (Å²) in [4.78, 5) is 14.4. The van der Waals surface area contributed by atoms with E-state index in [-0.39, 0.29) is 24.5 Å². The standard InChI is InChI=1S/C13H26N2O2/c1-4-11(5-2)15(6-7-16)13(17)12-9-14-8-10(12)3/h10-12,14,16H,4-9H2,1-3H3/t10-,12-/m1/s1. The molecule has 0 aliphatic carbocycles. The maximum atomic E-state index is 12.5. The van der Waals surface area contributed by atoms with Gasteiger partial charge in [0, 0.05) is 19.1 Å². The Labute approximate surface area is 104 Å². The SMILES string of the molecule is CCC(CC)N(CCO)C(=O)[C@@H]1CNC[C@H]1C. The number of carbonyl (C=O) groups excluding carboxylic acids is 1. The normalized spacial score (nSPS) is 24.3. The molecule has 1 saturated heterocycles. The van der Waals surface area contributed by atoms with Gasteiger partial charge in [0.05, 0.1) is 12.5 Å². The Hall–Kier alpha value is -0.610. The smallest absolute Gasteiger partial charge is 0.227 e. The van der Waals surface area contributed by atoms with E-state index in [9.17, 15) is 4.79 Å². The Bertz CT molecular complexity index is 242. The van der Waals surface area contributed by atoms with Crippen LogP contribution in [0.3, 0.4) is 0 Å². The first-order chi connectivity index (χ1) is 8.15. The van der Waals surface area contributed by atoms with Crippen molar-refractivity contribution in [3.8, 4) is 0 Å². The first kappa shape index (κ1) is 14.5. The lowest BCUT2D eigenvalue weighted by molar-refractivity contribution is -0.139. The molecule has 0 radical (unpaired) electrons. The molecular formula is C13H26N2O2. The van der Waals surface area contributed by atoms with Gasteiger partial charge in [0.25, 0.3) is 0 Å². The van der Waals surface area contributed by atoms with Gasteiger partial charge < -0.3 is 15.3 Å². The van der Waals surface area contributed by atoms with Gasteiger partial charge in [-0.15, -0.1) is 0 Å². The Kier molecular flexibility index (Phi) is 5.92. The third kappa shape index (κ3) is 3.42. The van der Waals surface area contributed by atoms with Gasteiger partial charge in [0.2, 0.25) is 5.91 Å². The minimum atomic E-state index is 0.0524. The quantitative estimate of drug-likeness (QED) is 0.726. The molecule has 1 fully saturated rings. The Morgan fingerprint density at radius 1 is 1.41 bits per heavy atom. The van der Waals surface area contributed by atoms with Gasteiger partial charge in [-0.1, -0.05) is 20.8 Å². The van der Waals surface area contributed by atoms with Crippen LogP contribution in [0.2, 0.25) is 0 Å². The van der Waals surface area contributed by atoms with Crippen molar-refractivity contribution < 1.29 is 9.90 Å². The maximum Gasteiger partial charge on any atom is 0.227 e. The number of nitrogens with one attached hydrogen (secondary N) is 1. The molecule has 2 atom stereocenters. The predicted octanol–water partition coefficient (Wildman–Crippen LogP) is 0.851. The first-order valence-corrected chi connectivity index (χ1v) is 6.77. The van der Waals surface area contributed by atoms with Crippen LogP contribution in [0.1, 0.15) is 33.6 Å². The van der Waals surface area contributed by atoms with Crippen molar-refractivity contribution >= 4 is 5.91 Å². The highest BCUT2D eigenvalue weighted by molar-refractivity contribution is 5.80. The topological polar surface area (TPSA) is 52.6 Å². The first-order valence-electron chi connectivity index (χ1n) is 6.77. The minimum Gasteiger partial charge on any atom is -0.395 e. The monoisotopic (exact) mass is 242 g/mol. The summed E-state index contributed by atoms with van der Waals surface area (Å²) in [6, 6.07) is 0.266. The third-order valence-electron chi connectivity index (χ3n) is 3.84. The lowest BCUT2D eigenvalue weighted by Crippen LogP contribution is -2.46. The summed E-state index contributed by atoms with van der Waals surface area (Å²) in [6.07, 6.45) is 1.91. The van der Waals surface area contributed by atoms with Crippen LogP contribution in [0.5, 0.6) is 0 Å². The molecule has 0 saturated carbocycles. The van der Waals surface area contributed by atoms with Crippen LogP contribution >= 0.6 is 0 Å². The zero-order chi connectivity index (χ0) is 12.8. The van der Waals surface area contributed by atoms with E-state index in [1.54, 1.807) is 0 Å². The van der Waals surface area contributed by atoms with Crippen molar-refractivity contribution in [2.24, 2.45) is 11.8 Å². The molecule has 100 valence electrons. The molecule has 17 heavy (non-hydrogen) atoms. The fraction of sp³-hybridized carbons (Fsp3) is 0.923. The molecule has 1 aliphatic heterocycles. The van der Waals surface area contributed by atoms with Gasteiger partial charge in [-0.2, -0.15) is 0 Å². The molecule has 4 nitrogen and oxygen atoms in total. The van der Waals surface area contributed by atoms with Crippen LogP contribution < -0.4 is 5.32 Å². The van der Waals surface area contributed by atoms with E-state index in [2.05, 4.69) is 26.1 Å². The number of amides is 1. The summed E-state index contributed by atoms with van der Waals surface area (Å²) in [6.45, 7) is 8.54. The highest BCUT2D eigenvalue weighted by atomic mass is 16.3. The van der Waals surface area contributed by atoms with Crippen molar-refractivity contribution in [3.05, 3.63) is 0 Å². The van der Waals surface area contributed by atoms with Crippen molar-refractivity contribution in [3.63, 3.8) is 0 Å². The van der Waals surface area contributed by atoms with E-state index < -0.39 is 0 Å². The fourth-order valence-electron chi connectivity index (χ4n) is 2.66. The van der Waals surface area contributed by atoms with Crippen molar-refractivity contribution in [2.45, 2.75) is 39.7 Å². The Morgan fingerprint density at radius 3 is 2.47 bits per heavy atom. The summed E-state index contributed by atoms with van der Waals surface area (Å²) >= 11 is 0. The van der Waals surface area contributed by atoms with E-state index in [1.807, 2.05) is 4.90 Å². The van der Waals surface area contributed by atoms with E-state index in [1.165, 1.54) is 0 Å². The summed E-state index contributed by atoms with van der Waals surface area (Å²) in [5.41, 5.74) is 0. The third-order valence-corrected chi connectivity index (χ3v) is 3.84. The second-order valence-electron chi connectivity index (χ2n) is 4.97. The van der Waals surface area contributed by atoms with Gasteiger partial charge in [-0.3, -0.25) is 4.79 Å². The van der Waals surface area contributed by atoms with Crippen molar-refractivity contribution in [2.75, 3.05) is 26.2 Å². The molecule has 4 heteroatoms. The highest BCUT2D eigenvalue weighted by Crippen LogP contribution is 2.21. The second-order valence-corrected chi connectivity index (χ2v) is 4.97. The summed E-state index contributed by atoms with van der Waals surface area (Å²) < 4.78 is 0. The van der Waals surface area contributed by atoms with Crippen LogP contribution in [-0.4, -0.2) is 48.2 Å². The number of rotatable bonds is 6. The molecule has 0 bridgehead atoms. The molecule has 0 spiro atoms. The number of hydrogen-bond acceptors (Lipinski definition) is 3. The molecule has 0 aromatic rings. The van der Waals surface area contributed by atoms with Crippen LogP contribution in [0.15, 0.2) is 0 Å². The average molecular weight is 242 g/mol. The molecule has 1 rings (SSSR count). The zero-order valence-electron chi connectivity index (χ0n) is 11.3. The largest absolute Gasteiger partial charge is 0.395 e. The van der Waals surface area contributed by atoms with Crippen LogP contribution in [0.4, 0.5) is 0 Å². The zero-order valence-corrected chi connectivity index (χ0v) is 11.3. The second kappa shape index (κ2) is 6.97. The van der Waals surface area contributed by atoms with Gasteiger partial charge in [-0.05, 0) is 25.3 Å². The summed E-state index contributed by atoms with van der Waals surface area (Å²) in [7, 11) is 0. The van der Waals surface area contributed by atoms with Gasteiger partial charge in [0.1, 0.15) is 0 Å². The van der Waals surface area contributed by atoms with E-state index in [0.717, 1.165) is 25.9 Å². The lowest BCUT2D eigenvalue weighted by Gasteiger charge is -2.33. The van der Waals surface area contributed by atoms with Crippen molar-refractivity contribution in [1.29, 1.82) is 0 Å². The maximum absolute atomic E-state index is 12.5. The Morgan fingerprint density at radius 2 is 2.06 bits per heavy atom. The van der Waals surface area contributed by atoms with E-state index in [4.69, 9.17) is 5.11 Å². The van der Waals surface area contributed by atoms with Gasteiger partial charge >= 0.3 is 0 Å². The lowest BCUT2D eigenvalue weighted by atomic mass is 9.95. The van der Waals surface area contributed by atoms with Gasteiger partial charge in [0.15, 0.2) is 0 Å². The molecular weight excluding hydrogens is 216 g/mol. The Balaban J connectivity index is 2.71. The predicted molar refractivity (Wildman–Crippen MR) is 68.7 cm³/mol. The number of nitrogens with zero attached hydrogens (tertiary/aromatic N) is 1. The molecule has 0 unspecified atom stereocenters. The highest BCUT2D eigenvalue weighted by Gasteiger charge is 2.34. The number of aliphatic hydroxyl groups is 1. The van der Waals surface area contributed by atoms with Crippen LogP contribution in [0, 0.1) is 11.8 Å². The molecule has 2 N–H and O–H groups in total. The minimum absolute atomic E-state index is 0.0524. The van der Waals surface area contributed by atoms with Crippen LogP contribution in [-0.2, 0) is 4.79 Å². The van der Waals surface area contributed by atoms with E-state index >= 15 is 0 Å². The fourth-order valence-corrected chi connectivity index (χ4v) is 2.66. The van der Waals surface area contributed by atoms with Gasteiger partial charge in [-0.25, -0.2) is 0 Å². The summed E-state index contributed by atoms with van der Waals surface area (Å²) in [5, 5.41) is 12.4. The van der Waals surface area contributed by atoms with E-state index in [0.29, 0.717) is 12.5 Å². The number of carbonyl (C=O) groups is 1. The molecule has 0 aromatic carbocycles. The molecule has 1 aliphatic rings. The number of aliphatic hydroxyl groups excluding tert-OH is 1. The van der Waals surface area contributed by atoms with Crippen molar-refractivity contribution in [1.82, 2.24) is 10.2 Å². The molecule has 1 heterocycles.